The number of benzene rings is 2. The Bertz CT molecular complexity index is 1070. The summed E-state index contributed by atoms with van der Waals surface area (Å²) in [5, 5.41) is 18.7. The van der Waals surface area contributed by atoms with Gasteiger partial charge in [0.15, 0.2) is 0 Å². The first-order valence-electron chi connectivity index (χ1n) is 8.64. The van der Waals surface area contributed by atoms with Gasteiger partial charge in [-0.1, -0.05) is 12.1 Å². The summed E-state index contributed by atoms with van der Waals surface area (Å²) >= 11 is 0. The third-order valence-corrected chi connectivity index (χ3v) is 5.12. The van der Waals surface area contributed by atoms with Crippen LogP contribution in [0.2, 0.25) is 0 Å². The molecular formula is C22H17N3O2. The Balaban J connectivity index is 1.87. The first kappa shape index (κ1) is 16.8. The van der Waals surface area contributed by atoms with E-state index in [1.165, 1.54) is 0 Å². The summed E-state index contributed by atoms with van der Waals surface area (Å²) in [6, 6.07) is 17.5. The van der Waals surface area contributed by atoms with Crippen LogP contribution in [0, 0.1) is 22.7 Å². The molecule has 1 unspecified atom stereocenters. The lowest BCUT2D eigenvalue weighted by atomic mass is 9.76. The number of ether oxygens (including phenoxy) is 2. The lowest BCUT2D eigenvalue weighted by Crippen LogP contribution is -2.23. The lowest BCUT2D eigenvalue weighted by molar-refractivity contribution is 0.349. The zero-order valence-corrected chi connectivity index (χ0v) is 14.8. The third kappa shape index (κ3) is 2.70. The van der Waals surface area contributed by atoms with Crippen LogP contribution in [0.3, 0.4) is 0 Å². The zero-order chi connectivity index (χ0) is 19.0. The number of nitriles is 2. The quantitative estimate of drug-likeness (QED) is 0.886. The fourth-order valence-electron chi connectivity index (χ4n) is 3.80. The van der Waals surface area contributed by atoms with Gasteiger partial charge in [0.25, 0.3) is 0 Å². The summed E-state index contributed by atoms with van der Waals surface area (Å²) in [5.41, 5.74) is 11.2. The molecule has 0 saturated carbocycles. The predicted octanol–water partition coefficient (Wildman–Crippen LogP) is 3.73. The van der Waals surface area contributed by atoms with Crippen LogP contribution in [0.1, 0.15) is 34.6 Å². The van der Waals surface area contributed by atoms with E-state index in [4.69, 9.17) is 20.5 Å². The second-order valence-corrected chi connectivity index (χ2v) is 6.54. The Kier molecular flexibility index (Phi) is 4.06. The van der Waals surface area contributed by atoms with Crippen LogP contribution in [0.5, 0.6) is 5.75 Å². The van der Waals surface area contributed by atoms with Crippen molar-refractivity contribution in [1.29, 1.82) is 10.5 Å². The van der Waals surface area contributed by atoms with E-state index in [1.807, 2.05) is 30.3 Å². The second-order valence-electron chi connectivity index (χ2n) is 6.54. The molecule has 5 nitrogen and oxygen atoms in total. The van der Waals surface area contributed by atoms with Crippen molar-refractivity contribution in [3.8, 4) is 17.9 Å². The van der Waals surface area contributed by atoms with Crippen molar-refractivity contribution >= 4 is 5.76 Å². The first-order valence-corrected chi connectivity index (χ1v) is 8.64. The monoisotopic (exact) mass is 355 g/mol. The Labute approximate surface area is 157 Å². The van der Waals surface area contributed by atoms with E-state index in [2.05, 4.69) is 12.1 Å². The average Bonchev–Trinajstić information content (AvgIpc) is 2.72. The van der Waals surface area contributed by atoms with Crippen LogP contribution >= 0.6 is 0 Å². The van der Waals surface area contributed by atoms with Gasteiger partial charge in [0.05, 0.1) is 18.7 Å². The maximum absolute atomic E-state index is 9.69. The molecule has 2 aromatic carbocycles. The van der Waals surface area contributed by atoms with Gasteiger partial charge in [-0.15, -0.1) is 0 Å². The summed E-state index contributed by atoms with van der Waals surface area (Å²) in [5.74, 6) is 1.40. The van der Waals surface area contributed by atoms with Crippen LogP contribution in [-0.4, -0.2) is 7.11 Å². The highest BCUT2D eigenvalue weighted by molar-refractivity contribution is 5.74. The topological polar surface area (TPSA) is 92.1 Å². The highest BCUT2D eigenvalue weighted by atomic mass is 16.5. The van der Waals surface area contributed by atoms with Crippen LogP contribution < -0.4 is 10.5 Å². The molecule has 0 amide bonds. The molecule has 0 aromatic heterocycles. The second kappa shape index (κ2) is 6.55. The Hall–Kier alpha value is -3.70. The molecule has 0 spiro atoms. The maximum Gasteiger partial charge on any atom is 0.205 e. The summed E-state index contributed by atoms with van der Waals surface area (Å²) in [4.78, 5) is 0. The lowest BCUT2D eigenvalue weighted by Gasteiger charge is -2.33. The van der Waals surface area contributed by atoms with E-state index >= 15 is 0 Å². The Morgan fingerprint density at radius 2 is 1.85 bits per heavy atom. The van der Waals surface area contributed by atoms with Gasteiger partial charge >= 0.3 is 0 Å². The minimum Gasteiger partial charge on any atom is -0.497 e. The molecular weight excluding hydrogens is 338 g/mol. The predicted molar refractivity (Wildman–Crippen MR) is 100 cm³/mol. The molecule has 27 heavy (non-hydrogen) atoms. The smallest absolute Gasteiger partial charge is 0.205 e. The highest BCUT2D eigenvalue weighted by Crippen LogP contribution is 2.47. The van der Waals surface area contributed by atoms with Crippen LogP contribution in [-0.2, 0) is 11.2 Å². The van der Waals surface area contributed by atoms with E-state index in [0.717, 1.165) is 46.6 Å². The maximum atomic E-state index is 9.69. The van der Waals surface area contributed by atoms with Gasteiger partial charge in [-0.2, -0.15) is 10.5 Å². The van der Waals surface area contributed by atoms with Gasteiger partial charge in [-0.3, -0.25) is 0 Å². The highest BCUT2D eigenvalue weighted by Gasteiger charge is 2.35. The van der Waals surface area contributed by atoms with Crippen molar-refractivity contribution in [2.75, 3.05) is 7.11 Å². The van der Waals surface area contributed by atoms with E-state index < -0.39 is 0 Å². The number of nitrogens with two attached hydrogens (primary N) is 1. The molecule has 1 aliphatic heterocycles. The molecule has 2 N–H and O–H groups in total. The Morgan fingerprint density at radius 3 is 2.52 bits per heavy atom. The molecule has 0 radical (unpaired) electrons. The fraction of sp³-hybridized carbons (Fsp3) is 0.182. The molecule has 0 bridgehead atoms. The van der Waals surface area contributed by atoms with Gasteiger partial charge in [0, 0.05) is 11.5 Å². The van der Waals surface area contributed by atoms with Crippen LogP contribution in [0.25, 0.3) is 5.76 Å². The summed E-state index contributed by atoms with van der Waals surface area (Å²) in [7, 11) is 1.65. The van der Waals surface area contributed by atoms with Crippen LogP contribution in [0.4, 0.5) is 0 Å². The molecule has 0 saturated heterocycles. The number of allylic oxidation sites excluding steroid dienone is 2. The van der Waals surface area contributed by atoms with E-state index in [9.17, 15) is 5.26 Å². The average molecular weight is 355 g/mol. The third-order valence-electron chi connectivity index (χ3n) is 5.12. The Morgan fingerprint density at radius 1 is 1.07 bits per heavy atom. The first-order chi connectivity index (χ1) is 13.2. The van der Waals surface area contributed by atoms with Gasteiger partial charge in [0.1, 0.15) is 23.2 Å². The normalized spacial score (nSPS) is 18.0. The van der Waals surface area contributed by atoms with Gasteiger partial charge in [-0.05, 0) is 59.9 Å². The number of fused-ring (bicyclic) bond motifs is 2. The van der Waals surface area contributed by atoms with Crippen molar-refractivity contribution < 1.29 is 9.47 Å². The minimum atomic E-state index is -0.262. The van der Waals surface area contributed by atoms with Crippen molar-refractivity contribution in [3.63, 3.8) is 0 Å². The fourth-order valence-corrected chi connectivity index (χ4v) is 3.80. The van der Waals surface area contributed by atoms with Gasteiger partial charge < -0.3 is 15.2 Å². The number of rotatable bonds is 2. The van der Waals surface area contributed by atoms with Gasteiger partial charge in [-0.25, -0.2) is 0 Å². The molecule has 1 heterocycles. The summed E-state index contributed by atoms with van der Waals surface area (Å²) in [6.45, 7) is 0. The van der Waals surface area contributed by atoms with E-state index in [0.29, 0.717) is 11.1 Å². The summed E-state index contributed by atoms with van der Waals surface area (Å²) < 4.78 is 11.2. The van der Waals surface area contributed by atoms with Crippen molar-refractivity contribution in [3.05, 3.63) is 81.7 Å². The largest absolute Gasteiger partial charge is 0.497 e. The SMILES string of the molecule is COc1ccc2c(c1)CCC1=C2OC(N)=C(C#N)C1c1ccc(C#N)cc1. The van der Waals surface area contributed by atoms with Crippen LogP contribution in [0.15, 0.2) is 59.5 Å². The number of aryl methyl sites for hydroxylation is 1. The number of methoxy groups -OCH3 is 1. The van der Waals surface area contributed by atoms with Crippen molar-refractivity contribution in [2.45, 2.75) is 18.8 Å². The number of hydrogen-bond acceptors (Lipinski definition) is 5. The molecule has 5 heteroatoms. The number of hydrogen-bond donors (Lipinski definition) is 1. The molecule has 0 fully saturated rings. The molecule has 4 rings (SSSR count). The van der Waals surface area contributed by atoms with Gasteiger partial charge in [0.2, 0.25) is 5.88 Å². The molecule has 2 aliphatic rings. The summed E-state index contributed by atoms with van der Waals surface area (Å²) in [6.07, 6.45) is 1.60. The van der Waals surface area contributed by atoms with E-state index in [-0.39, 0.29) is 11.8 Å². The molecule has 2 aromatic rings. The molecule has 132 valence electrons. The standard InChI is InChI=1S/C22H17N3O2/c1-26-16-7-9-17-15(10-16)6-8-18-20(14-4-2-13(11-23)3-5-14)19(12-24)22(25)27-21(17)18/h2-5,7,9-10,20H,6,8,25H2,1H3. The molecule has 1 aliphatic carbocycles. The number of nitrogens with zero attached hydrogens (tertiary/aromatic N) is 2. The van der Waals surface area contributed by atoms with Crippen molar-refractivity contribution in [2.24, 2.45) is 5.73 Å². The minimum absolute atomic E-state index is 0.134. The van der Waals surface area contributed by atoms with Crippen molar-refractivity contribution in [1.82, 2.24) is 0 Å². The molecule has 1 atom stereocenters. The van der Waals surface area contributed by atoms with E-state index in [1.54, 1.807) is 19.2 Å². The zero-order valence-electron chi connectivity index (χ0n) is 14.8.